The van der Waals surface area contributed by atoms with Crippen LogP contribution >= 0.6 is 11.6 Å². The molecule has 170 valence electrons. The molecule has 2 amide bonds. The maximum atomic E-state index is 13.0. The van der Waals surface area contributed by atoms with E-state index in [4.69, 9.17) is 16.9 Å². The van der Waals surface area contributed by atoms with Gasteiger partial charge >= 0.3 is 0 Å². The van der Waals surface area contributed by atoms with Gasteiger partial charge in [-0.1, -0.05) is 60.1 Å². The van der Waals surface area contributed by atoms with Crippen molar-refractivity contribution in [3.8, 4) is 17.2 Å². The van der Waals surface area contributed by atoms with Crippen LogP contribution < -0.4 is 10.6 Å². The van der Waals surface area contributed by atoms with Crippen LogP contribution in [0, 0.1) is 11.3 Å². The number of aryl methyl sites for hydroxylation is 1. The summed E-state index contributed by atoms with van der Waals surface area (Å²) in [5, 5.41) is 15.9. The number of halogens is 1. The van der Waals surface area contributed by atoms with Crippen LogP contribution in [-0.4, -0.2) is 29.0 Å². The molecule has 0 unspecified atom stereocenters. The summed E-state index contributed by atoms with van der Waals surface area (Å²) in [6, 6.07) is 23.5. The zero-order valence-electron chi connectivity index (χ0n) is 18.6. The summed E-state index contributed by atoms with van der Waals surface area (Å²) in [5.41, 5.74) is 4.16. The lowest BCUT2D eigenvalue weighted by Gasteiger charge is -2.18. The molecule has 1 atom stereocenters. The molecule has 4 rings (SSSR count). The van der Waals surface area contributed by atoms with Crippen molar-refractivity contribution in [3.63, 3.8) is 0 Å². The van der Waals surface area contributed by atoms with Gasteiger partial charge in [0.25, 0.3) is 5.91 Å². The van der Waals surface area contributed by atoms with E-state index in [2.05, 4.69) is 10.6 Å². The summed E-state index contributed by atoms with van der Waals surface area (Å²) in [6.07, 6.45) is 2.25. The maximum Gasteiger partial charge on any atom is 0.251 e. The molecule has 0 bridgehead atoms. The minimum atomic E-state index is -0.838. The summed E-state index contributed by atoms with van der Waals surface area (Å²) in [4.78, 5) is 25.8. The Bertz CT molecular complexity index is 1390. The van der Waals surface area contributed by atoms with Crippen LogP contribution in [-0.2, 0) is 18.3 Å². The molecule has 0 saturated carbocycles. The number of nitrogens with one attached hydrogen (secondary N) is 2. The molecule has 0 radical (unpaired) electrons. The third kappa shape index (κ3) is 4.95. The molecule has 0 fully saturated rings. The molecule has 2 N–H and O–H groups in total. The number of nitrogens with zero attached hydrogens (tertiary/aromatic N) is 2. The predicted octanol–water partition coefficient (Wildman–Crippen LogP) is 4.48. The van der Waals surface area contributed by atoms with E-state index in [-0.39, 0.29) is 12.5 Å². The van der Waals surface area contributed by atoms with Gasteiger partial charge in [-0.25, -0.2) is 0 Å². The first-order valence-corrected chi connectivity index (χ1v) is 11.2. The van der Waals surface area contributed by atoms with Crippen molar-refractivity contribution in [1.82, 2.24) is 15.2 Å². The number of carbonyl (C=O) groups excluding carboxylic acids is 2. The fraction of sp³-hybridized carbons (Fsp3) is 0.148. The van der Waals surface area contributed by atoms with Crippen molar-refractivity contribution in [2.75, 3.05) is 6.54 Å². The smallest absolute Gasteiger partial charge is 0.251 e. The number of amides is 2. The molecule has 0 aliphatic rings. The number of hydrogen-bond acceptors (Lipinski definition) is 3. The lowest BCUT2D eigenvalue weighted by molar-refractivity contribution is -0.122. The highest BCUT2D eigenvalue weighted by Crippen LogP contribution is 2.27. The van der Waals surface area contributed by atoms with Gasteiger partial charge in [-0.3, -0.25) is 9.59 Å². The normalized spacial score (nSPS) is 11.6. The molecule has 0 spiro atoms. The monoisotopic (exact) mass is 470 g/mol. The number of rotatable bonds is 7. The van der Waals surface area contributed by atoms with Crippen molar-refractivity contribution in [1.29, 1.82) is 5.26 Å². The quantitative estimate of drug-likeness (QED) is 0.390. The molecule has 34 heavy (non-hydrogen) atoms. The van der Waals surface area contributed by atoms with Crippen LogP contribution in [0.1, 0.15) is 15.9 Å². The van der Waals surface area contributed by atoms with Gasteiger partial charge in [-0.2, -0.15) is 5.26 Å². The van der Waals surface area contributed by atoms with Crippen molar-refractivity contribution in [2.24, 2.45) is 7.05 Å². The minimum Gasteiger partial charge on any atom is -0.350 e. The number of hydrogen-bond donors (Lipinski definition) is 2. The van der Waals surface area contributed by atoms with Crippen LogP contribution in [0.3, 0.4) is 0 Å². The first-order chi connectivity index (χ1) is 16.5. The van der Waals surface area contributed by atoms with E-state index in [9.17, 15) is 9.59 Å². The van der Waals surface area contributed by atoms with Gasteiger partial charge in [-0.15, -0.1) is 0 Å². The van der Waals surface area contributed by atoms with Gasteiger partial charge in [0.1, 0.15) is 12.6 Å². The summed E-state index contributed by atoms with van der Waals surface area (Å²) in [6.45, 7) is -0.132. The number of fused-ring (bicyclic) bond motifs is 1. The van der Waals surface area contributed by atoms with Crippen molar-refractivity contribution >= 4 is 34.3 Å². The Balaban J connectivity index is 1.56. The van der Waals surface area contributed by atoms with Crippen LogP contribution in [0.4, 0.5) is 0 Å². The molecule has 3 aromatic carbocycles. The molecular weight excluding hydrogens is 448 g/mol. The Morgan fingerprint density at radius 2 is 1.74 bits per heavy atom. The molecular formula is C27H23ClN4O2. The van der Waals surface area contributed by atoms with Gasteiger partial charge in [0.05, 0.1) is 6.07 Å². The Hall–Kier alpha value is -4.08. The highest BCUT2D eigenvalue weighted by atomic mass is 35.5. The van der Waals surface area contributed by atoms with E-state index in [0.29, 0.717) is 17.0 Å². The number of aromatic nitrogens is 1. The van der Waals surface area contributed by atoms with Gasteiger partial charge < -0.3 is 15.2 Å². The fourth-order valence-corrected chi connectivity index (χ4v) is 4.25. The lowest BCUT2D eigenvalue weighted by Crippen LogP contribution is -2.48. The predicted molar refractivity (Wildman–Crippen MR) is 133 cm³/mol. The lowest BCUT2D eigenvalue weighted by atomic mass is 10.0. The zero-order valence-corrected chi connectivity index (χ0v) is 19.3. The van der Waals surface area contributed by atoms with Crippen LogP contribution in [0.2, 0.25) is 5.02 Å². The average molecular weight is 471 g/mol. The number of benzene rings is 3. The summed E-state index contributed by atoms with van der Waals surface area (Å²) in [5.74, 6) is -0.779. The summed E-state index contributed by atoms with van der Waals surface area (Å²) >= 11 is 6.28. The van der Waals surface area contributed by atoms with Crippen molar-refractivity contribution in [2.45, 2.75) is 12.5 Å². The molecule has 1 heterocycles. The van der Waals surface area contributed by atoms with Crippen LogP contribution in [0.5, 0.6) is 0 Å². The van der Waals surface area contributed by atoms with E-state index in [1.807, 2.05) is 84.5 Å². The molecule has 7 heteroatoms. The Labute approximate surface area is 202 Å². The third-order valence-electron chi connectivity index (χ3n) is 5.70. The van der Waals surface area contributed by atoms with Crippen LogP contribution in [0.15, 0.2) is 79.0 Å². The fourth-order valence-electron chi connectivity index (χ4n) is 4.01. The number of nitriles is 1. The van der Waals surface area contributed by atoms with Crippen LogP contribution in [0.25, 0.3) is 22.0 Å². The molecule has 6 nitrogen and oxygen atoms in total. The first-order valence-electron chi connectivity index (χ1n) is 10.8. The van der Waals surface area contributed by atoms with E-state index in [0.717, 1.165) is 27.6 Å². The highest BCUT2D eigenvalue weighted by Gasteiger charge is 2.23. The first kappa shape index (κ1) is 23.1. The van der Waals surface area contributed by atoms with E-state index in [1.165, 1.54) is 0 Å². The Kier molecular flexibility index (Phi) is 6.95. The maximum absolute atomic E-state index is 13.0. The van der Waals surface area contributed by atoms with Crippen molar-refractivity contribution < 1.29 is 9.59 Å². The van der Waals surface area contributed by atoms with E-state index in [1.54, 1.807) is 12.1 Å². The highest BCUT2D eigenvalue weighted by molar-refractivity contribution is 6.33. The topological polar surface area (TPSA) is 86.9 Å². The number of para-hydroxylation sites is 1. The van der Waals surface area contributed by atoms with Gasteiger partial charge in [0.15, 0.2) is 0 Å². The third-order valence-corrected chi connectivity index (χ3v) is 6.03. The molecule has 0 aliphatic carbocycles. The SMILES string of the molecule is Cn1cc(C[C@H](NC(=O)c2ccc(-c3ccccc3Cl)cc2)C(=O)NCC#N)c2ccccc21. The van der Waals surface area contributed by atoms with Gasteiger partial charge in [0, 0.05) is 46.7 Å². The second kappa shape index (κ2) is 10.2. The van der Waals surface area contributed by atoms with E-state index >= 15 is 0 Å². The van der Waals surface area contributed by atoms with Gasteiger partial charge in [-0.05, 0) is 35.4 Å². The Morgan fingerprint density at radius 3 is 2.47 bits per heavy atom. The molecule has 1 aromatic heterocycles. The molecule has 0 aliphatic heterocycles. The standard InChI is InChI=1S/C27H23ClN4O2/c1-32-17-20(22-7-3-5-9-25(22)32)16-24(27(34)30-15-14-29)31-26(33)19-12-10-18(11-13-19)21-6-2-4-8-23(21)28/h2-13,17,24H,15-16H2,1H3,(H,30,34)(H,31,33)/t24-/m0/s1. The summed E-state index contributed by atoms with van der Waals surface area (Å²) < 4.78 is 1.99. The Morgan fingerprint density at radius 1 is 1.03 bits per heavy atom. The molecule has 0 saturated heterocycles. The average Bonchev–Trinajstić information content (AvgIpc) is 3.17. The largest absolute Gasteiger partial charge is 0.350 e. The minimum absolute atomic E-state index is 0.132. The zero-order chi connectivity index (χ0) is 24.1. The number of carbonyl (C=O) groups is 2. The molecule has 4 aromatic rings. The summed E-state index contributed by atoms with van der Waals surface area (Å²) in [7, 11) is 1.94. The van der Waals surface area contributed by atoms with Gasteiger partial charge in [0.2, 0.25) is 5.91 Å². The second-order valence-electron chi connectivity index (χ2n) is 7.95. The van der Waals surface area contributed by atoms with E-state index < -0.39 is 11.9 Å². The van der Waals surface area contributed by atoms with Crippen molar-refractivity contribution in [3.05, 3.63) is 95.1 Å². The second-order valence-corrected chi connectivity index (χ2v) is 8.35.